The number of benzene rings is 2. The summed E-state index contributed by atoms with van der Waals surface area (Å²) in [4.78, 5) is 26.5. The largest absolute Gasteiger partial charge is 0.352 e. The first-order valence-corrected chi connectivity index (χ1v) is 12.5. The number of rotatable bonds is 9. The minimum atomic E-state index is -3.59. The molecule has 1 fully saturated rings. The Bertz CT molecular complexity index is 1120. The molecule has 8 nitrogen and oxygen atoms in total. The minimum absolute atomic E-state index is 0.0912. The van der Waals surface area contributed by atoms with E-state index in [4.69, 9.17) is 0 Å². The van der Waals surface area contributed by atoms with Gasteiger partial charge in [-0.3, -0.25) is 9.59 Å². The van der Waals surface area contributed by atoms with Crippen LogP contribution in [0.2, 0.25) is 0 Å². The van der Waals surface area contributed by atoms with Gasteiger partial charge in [0.25, 0.3) is 5.91 Å². The van der Waals surface area contributed by atoms with Crippen molar-refractivity contribution in [2.45, 2.75) is 24.7 Å². The molecule has 2 amide bonds. The molecule has 0 spiro atoms. The van der Waals surface area contributed by atoms with E-state index in [2.05, 4.69) is 15.5 Å². The van der Waals surface area contributed by atoms with Crippen molar-refractivity contribution in [1.29, 1.82) is 0 Å². The molecule has 0 saturated carbocycles. The average Bonchev–Trinajstić information content (AvgIpc) is 2.82. The molecule has 0 aliphatic carbocycles. The fourth-order valence-electron chi connectivity index (χ4n) is 3.59. The first-order chi connectivity index (χ1) is 16.2. The van der Waals surface area contributed by atoms with Gasteiger partial charge in [-0.25, -0.2) is 17.2 Å². The lowest BCUT2D eigenvalue weighted by Gasteiger charge is -2.33. The zero-order valence-electron chi connectivity index (χ0n) is 18.9. The fraction of sp³-hybridized carbons (Fsp3) is 0.391. The number of nitrogens with one attached hydrogen (secondary N) is 2. The number of halogens is 2. The smallest absolute Gasteiger partial charge is 0.254 e. The molecule has 2 N–H and O–H groups in total. The van der Waals surface area contributed by atoms with Crippen LogP contribution in [0.15, 0.2) is 47.4 Å². The maximum absolute atomic E-state index is 13.6. The van der Waals surface area contributed by atoms with E-state index in [1.807, 2.05) is 6.92 Å². The van der Waals surface area contributed by atoms with Crippen LogP contribution in [0.5, 0.6) is 0 Å². The van der Waals surface area contributed by atoms with Crippen molar-refractivity contribution in [2.75, 3.05) is 44.6 Å². The standard InChI is InChI=1S/C23H28F2N4O4S/c1-2-28-12-14-29(15-13-28)34(32,33)19-8-6-18(7-9-19)27-22(30)4-3-11-26-23(31)20-10-5-17(24)16-21(20)25/h5-10,16H,2-4,11-15H2,1H3,(H,26,31)(H,27,30). The van der Waals surface area contributed by atoms with Crippen LogP contribution in [-0.4, -0.2) is 68.7 Å². The Labute approximate surface area is 198 Å². The number of carbonyl (C=O) groups is 2. The van der Waals surface area contributed by atoms with Crippen molar-refractivity contribution < 1.29 is 26.8 Å². The van der Waals surface area contributed by atoms with Crippen molar-refractivity contribution in [3.05, 3.63) is 59.7 Å². The first-order valence-electron chi connectivity index (χ1n) is 11.1. The second kappa shape index (κ2) is 11.5. The molecule has 2 aromatic carbocycles. The number of likely N-dealkylation sites (N-methyl/N-ethyl adjacent to an activating group) is 1. The number of hydrogen-bond acceptors (Lipinski definition) is 5. The van der Waals surface area contributed by atoms with Gasteiger partial charge in [-0.05, 0) is 49.4 Å². The predicted octanol–water partition coefficient (Wildman–Crippen LogP) is 2.44. The second-order valence-electron chi connectivity index (χ2n) is 7.89. The van der Waals surface area contributed by atoms with Gasteiger partial charge in [0.1, 0.15) is 11.6 Å². The average molecular weight is 495 g/mol. The summed E-state index contributed by atoms with van der Waals surface area (Å²) >= 11 is 0. The number of carbonyl (C=O) groups excluding carboxylic acids is 2. The third-order valence-corrected chi connectivity index (χ3v) is 7.51. The number of piperazine rings is 1. The van der Waals surface area contributed by atoms with Crippen molar-refractivity contribution in [1.82, 2.24) is 14.5 Å². The van der Waals surface area contributed by atoms with E-state index in [0.29, 0.717) is 44.4 Å². The van der Waals surface area contributed by atoms with Crippen molar-refractivity contribution in [3.8, 4) is 0 Å². The van der Waals surface area contributed by atoms with Crippen LogP contribution >= 0.6 is 0 Å². The SMILES string of the molecule is CCN1CCN(S(=O)(=O)c2ccc(NC(=O)CCCNC(=O)c3ccc(F)cc3F)cc2)CC1. The van der Waals surface area contributed by atoms with Gasteiger partial charge in [0.2, 0.25) is 15.9 Å². The molecule has 0 atom stereocenters. The van der Waals surface area contributed by atoms with Crippen molar-refractivity contribution in [2.24, 2.45) is 0 Å². The van der Waals surface area contributed by atoms with Crippen LogP contribution in [0.3, 0.4) is 0 Å². The van der Waals surface area contributed by atoms with Gasteiger partial charge >= 0.3 is 0 Å². The van der Waals surface area contributed by atoms with Gasteiger partial charge in [-0.15, -0.1) is 0 Å². The summed E-state index contributed by atoms with van der Waals surface area (Å²) in [5, 5.41) is 5.16. The molecule has 0 unspecified atom stereocenters. The maximum Gasteiger partial charge on any atom is 0.254 e. The number of hydrogen-bond donors (Lipinski definition) is 2. The van der Waals surface area contributed by atoms with Gasteiger partial charge in [0, 0.05) is 50.9 Å². The molecule has 184 valence electrons. The highest BCUT2D eigenvalue weighted by atomic mass is 32.2. The zero-order chi connectivity index (χ0) is 24.7. The summed E-state index contributed by atoms with van der Waals surface area (Å²) in [6.07, 6.45) is 0.393. The van der Waals surface area contributed by atoms with Gasteiger partial charge in [0.15, 0.2) is 0 Å². The second-order valence-corrected chi connectivity index (χ2v) is 9.83. The summed E-state index contributed by atoms with van der Waals surface area (Å²) < 4.78 is 53.7. The molecule has 1 aliphatic rings. The molecule has 1 heterocycles. The summed E-state index contributed by atoms with van der Waals surface area (Å²) in [7, 11) is -3.59. The van der Waals surface area contributed by atoms with Gasteiger partial charge in [-0.1, -0.05) is 6.92 Å². The summed E-state index contributed by atoms with van der Waals surface area (Å²) in [5.41, 5.74) is 0.185. The first kappa shape index (κ1) is 25.7. The van der Waals surface area contributed by atoms with E-state index in [-0.39, 0.29) is 29.3 Å². The maximum atomic E-state index is 13.6. The Kier molecular flexibility index (Phi) is 8.70. The van der Waals surface area contributed by atoms with Crippen LogP contribution in [0.25, 0.3) is 0 Å². The molecule has 34 heavy (non-hydrogen) atoms. The quantitative estimate of drug-likeness (QED) is 0.522. The lowest BCUT2D eigenvalue weighted by atomic mass is 10.2. The molecule has 11 heteroatoms. The fourth-order valence-corrected chi connectivity index (χ4v) is 5.01. The van der Waals surface area contributed by atoms with E-state index in [1.54, 1.807) is 0 Å². The Morgan fingerprint density at radius 2 is 1.68 bits per heavy atom. The van der Waals surface area contributed by atoms with Crippen LogP contribution in [0, 0.1) is 11.6 Å². The highest BCUT2D eigenvalue weighted by Gasteiger charge is 2.27. The Hall–Kier alpha value is -2.89. The summed E-state index contributed by atoms with van der Waals surface area (Å²) in [6.45, 7) is 5.35. The Morgan fingerprint density at radius 1 is 1.00 bits per heavy atom. The molecular formula is C23H28F2N4O4S. The van der Waals surface area contributed by atoms with Crippen molar-refractivity contribution >= 4 is 27.5 Å². The van der Waals surface area contributed by atoms with E-state index < -0.39 is 27.6 Å². The van der Waals surface area contributed by atoms with E-state index in [0.717, 1.165) is 18.7 Å². The van der Waals surface area contributed by atoms with Gasteiger partial charge in [-0.2, -0.15) is 4.31 Å². The number of amides is 2. The van der Waals surface area contributed by atoms with Crippen LogP contribution in [0.4, 0.5) is 14.5 Å². The monoisotopic (exact) mass is 494 g/mol. The molecule has 0 radical (unpaired) electrons. The topological polar surface area (TPSA) is 98.8 Å². The summed E-state index contributed by atoms with van der Waals surface area (Å²) in [6, 6.07) is 8.68. The van der Waals surface area contributed by atoms with Crippen LogP contribution in [0.1, 0.15) is 30.1 Å². The Balaban J connectivity index is 1.44. The molecule has 1 saturated heterocycles. The van der Waals surface area contributed by atoms with Crippen LogP contribution in [-0.2, 0) is 14.8 Å². The molecule has 1 aliphatic heterocycles. The predicted molar refractivity (Wildman–Crippen MR) is 124 cm³/mol. The lowest BCUT2D eigenvalue weighted by Crippen LogP contribution is -2.48. The van der Waals surface area contributed by atoms with Gasteiger partial charge in [0.05, 0.1) is 10.5 Å². The van der Waals surface area contributed by atoms with E-state index in [1.165, 1.54) is 28.6 Å². The molecule has 2 aromatic rings. The third kappa shape index (κ3) is 6.58. The normalized spacial score (nSPS) is 15.1. The van der Waals surface area contributed by atoms with E-state index >= 15 is 0 Å². The lowest BCUT2D eigenvalue weighted by molar-refractivity contribution is -0.116. The minimum Gasteiger partial charge on any atom is -0.352 e. The Morgan fingerprint density at radius 3 is 2.29 bits per heavy atom. The van der Waals surface area contributed by atoms with Crippen molar-refractivity contribution in [3.63, 3.8) is 0 Å². The van der Waals surface area contributed by atoms with E-state index in [9.17, 15) is 26.8 Å². The number of nitrogens with zero attached hydrogens (tertiary/aromatic N) is 2. The molecule has 0 aromatic heterocycles. The molecule has 3 rings (SSSR count). The third-order valence-electron chi connectivity index (χ3n) is 5.60. The molecular weight excluding hydrogens is 466 g/mol. The molecule has 0 bridgehead atoms. The zero-order valence-corrected chi connectivity index (χ0v) is 19.7. The highest BCUT2D eigenvalue weighted by molar-refractivity contribution is 7.89. The van der Waals surface area contributed by atoms with Gasteiger partial charge < -0.3 is 15.5 Å². The summed E-state index contributed by atoms with van der Waals surface area (Å²) in [5.74, 6) is -2.73. The van der Waals surface area contributed by atoms with Crippen LogP contribution < -0.4 is 10.6 Å². The number of sulfonamides is 1. The number of anilines is 1. The highest BCUT2D eigenvalue weighted by Crippen LogP contribution is 2.20.